The molecule has 1 N–H and O–H groups in total. The van der Waals surface area contributed by atoms with E-state index in [1.165, 1.54) is 5.56 Å². The van der Waals surface area contributed by atoms with Crippen LogP contribution in [-0.2, 0) is 10.0 Å². The molecule has 0 saturated carbocycles. The third-order valence-corrected chi connectivity index (χ3v) is 4.79. The highest BCUT2D eigenvalue weighted by atomic mass is 32.2. The van der Waals surface area contributed by atoms with Crippen LogP contribution in [0.4, 0.5) is 5.69 Å². The van der Waals surface area contributed by atoms with Gasteiger partial charge in [-0.1, -0.05) is 23.8 Å². The third kappa shape index (κ3) is 3.95. The van der Waals surface area contributed by atoms with E-state index in [2.05, 4.69) is 9.71 Å². The first-order valence-electron chi connectivity index (χ1n) is 7.00. The molecular weight excluding hydrogens is 296 g/mol. The van der Waals surface area contributed by atoms with Crippen LogP contribution < -0.4 is 5.32 Å². The number of hydrogen-bond acceptors (Lipinski definition) is 2. The molecule has 2 aromatic rings. The molecule has 0 unspecified atom stereocenters. The average Bonchev–Trinajstić information content (AvgIpc) is 2.42. The third-order valence-electron chi connectivity index (χ3n) is 3.41. The van der Waals surface area contributed by atoms with Gasteiger partial charge in [-0.3, -0.25) is 0 Å². The van der Waals surface area contributed by atoms with E-state index < -0.39 is 10.0 Å². The molecule has 4 nitrogen and oxygen atoms in total. The van der Waals surface area contributed by atoms with Crippen molar-refractivity contribution < 1.29 is 8.42 Å². The molecule has 0 radical (unpaired) electrons. The Morgan fingerprint density at radius 2 is 1.59 bits per heavy atom. The summed E-state index contributed by atoms with van der Waals surface area (Å²) < 4.78 is 28.3. The Kier molecular flexibility index (Phi) is 4.66. The van der Waals surface area contributed by atoms with Gasteiger partial charge in [-0.2, -0.15) is 8.42 Å². The predicted octanol–water partition coefficient (Wildman–Crippen LogP) is 3.83. The second-order valence-electron chi connectivity index (χ2n) is 5.39. The van der Waals surface area contributed by atoms with E-state index in [-0.39, 0.29) is 4.90 Å². The van der Waals surface area contributed by atoms with Gasteiger partial charge in [0, 0.05) is 5.69 Å². The fraction of sp³-hybridized carbons (Fsp3) is 0.235. The lowest BCUT2D eigenvalue weighted by Gasteiger charge is -2.08. The zero-order valence-electron chi connectivity index (χ0n) is 13.2. The first-order valence-corrected chi connectivity index (χ1v) is 8.44. The van der Waals surface area contributed by atoms with Crippen molar-refractivity contribution in [1.82, 2.24) is 0 Å². The molecule has 0 aliphatic heterocycles. The maximum absolute atomic E-state index is 12.2. The molecule has 0 heterocycles. The number of hydrogen-bond donors (Lipinski definition) is 1. The zero-order valence-corrected chi connectivity index (χ0v) is 14.0. The van der Waals surface area contributed by atoms with Gasteiger partial charge >= 0.3 is 0 Å². The van der Waals surface area contributed by atoms with Crippen LogP contribution >= 0.6 is 0 Å². The van der Waals surface area contributed by atoms with Crippen molar-refractivity contribution in [3.8, 4) is 0 Å². The lowest BCUT2D eigenvalue weighted by atomic mass is 10.1. The molecule has 0 bridgehead atoms. The average molecular weight is 316 g/mol. The highest BCUT2D eigenvalue weighted by molar-refractivity contribution is 7.90. The Morgan fingerprint density at radius 1 is 0.955 bits per heavy atom. The molecule has 0 aliphatic carbocycles. The fourth-order valence-electron chi connectivity index (χ4n) is 1.99. The van der Waals surface area contributed by atoms with Crippen LogP contribution in [0.25, 0.3) is 0 Å². The number of anilines is 1. The summed E-state index contributed by atoms with van der Waals surface area (Å²) in [5.74, 6) is 0.337. The number of nitrogens with one attached hydrogen (secondary N) is 1. The number of benzene rings is 2. The summed E-state index contributed by atoms with van der Waals surface area (Å²) in [6, 6.07) is 12.5. The molecule has 2 rings (SSSR count). The second kappa shape index (κ2) is 6.32. The lowest BCUT2D eigenvalue weighted by Crippen LogP contribution is -2.11. The van der Waals surface area contributed by atoms with E-state index in [1.54, 1.807) is 31.2 Å². The van der Waals surface area contributed by atoms with Crippen molar-refractivity contribution in [3.05, 3.63) is 59.2 Å². The summed E-state index contributed by atoms with van der Waals surface area (Å²) in [5, 5.41) is 3.02. The molecule has 0 amide bonds. The predicted molar refractivity (Wildman–Crippen MR) is 91.0 cm³/mol. The van der Waals surface area contributed by atoms with Crippen molar-refractivity contribution in [2.75, 3.05) is 5.32 Å². The highest BCUT2D eigenvalue weighted by Crippen LogP contribution is 2.16. The number of amidine groups is 1. The molecule has 0 saturated heterocycles. The maximum atomic E-state index is 12.2. The molecule has 2 aromatic carbocycles. The van der Waals surface area contributed by atoms with Gasteiger partial charge in [-0.05, 0) is 63.1 Å². The Bertz CT molecular complexity index is 807. The van der Waals surface area contributed by atoms with E-state index in [0.717, 1.165) is 16.8 Å². The van der Waals surface area contributed by atoms with Crippen molar-refractivity contribution in [3.63, 3.8) is 0 Å². The van der Waals surface area contributed by atoms with Crippen molar-refractivity contribution in [1.29, 1.82) is 0 Å². The summed E-state index contributed by atoms with van der Waals surface area (Å²) in [6.07, 6.45) is 0. The highest BCUT2D eigenvalue weighted by Gasteiger charge is 2.12. The number of rotatable bonds is 3. The van der Waals surface area contributed by atoms with Crippen LogP contribution in [0.15, 0.2) is 51.8 Å². The van der Waals surface area contributed by atoms with Gasteiger partial charge in [0.25, 0.3) is 10.0 Å². The van der Waals surface area contributed by atoms with Crippen LogP contribution in [0.1, 0.15) is 23.6 Å². The fourth-order valence-corrected chi connectivity index (χ4v) is 2.99. The van der Waals surface area contributed by atoms with Crippen LogP contribution in [0, 0.1) is 20.8 Å². The minimum absolute atomic E-state index is 0.194. The van der Waals surface area contributed by atoms with Gasteiger partial charge in [0.05, 0.1) is 4.90 Å². The Balaban J connectivity index is 2.23. The first-order chi connectivity index (χ1) is 10.3. The van der Waals surface area contributed by atoms with E-state index >= 15 is 0 Å². The summed E-state index contributed by atoms with van der Waals surface area (Å²) in [5.41, 5.74) is 4.16. The molecule has 116 valence electrons. The van der Waals surface area contributed by atoms with Crippen LogP contribution in [0.2, 0.25) is 0 Å². The Hall–Kier alpha value is -2.14. The van der Waals surface area contributed by atoms with Gasteiger partial charge in [-0.15, -0.1) is 4.40 Å². The topological polar surface area (TPSA) is 58.5 Å². The summed E-state index contributed by atoms with van der Waals surface area (Å²) in [4.78, 5) is 0.194. The summed E-state index contributed by atoms with van der Waals surface area (Å²) >= 11 is 0. The monoisotopic (exact) mass is 316 g/mol. The number of aryl methyl sites for hydroxylation is 3. The Labute approximate surface area is 132 Å². The molecule has 5 heteroatoms. The Morgan fingerprint density at radius 3 is 2.18 bits per heavy atom. The standard InChI is InChI=1S/C17H20N2O2S/c1-12-5-9-17(10-6-12)22(20,21)19-15(4)18-16-8-7-13(2)14(3)11-16/h5-11H,1-4H3,(H,18,19). The van der Waals surface area contributed by atoms with Crippen molar-refractivity contribution >= 4 is 21.5 Å². The molecule has 0 aromatic heterocycles. The minimum atomic E-state index is -3.69. The second-order valence-corrected chi connectivity index (χ2v) is 6.99. The molecule has 0 atom stereocenters. The van der Waals surface area contributed by atoms with Crippen LogP contribution in [0.3, 0.4) is 0 Å². The van der Waals surface area contributed by atoms with E-state index in [0.29, 0.717) is 5.84 Å². The van der Waals surface area contributed by atoms with Gasteiger partial charge in [-0.25, -0.2) is 0 Å². The quantitative estimate of drug-likeness (QED) is 0.691. The van der Waals surface area contributed by atoms with Crippen LogP contribution in [-0.4, -0.2) is 14.3 Å². The van der Waals surface area contributed by atoms with Gasteiger partial charge in [0.1, 0.15) is 5.84 Å². The summed E-state index contributed by atoms with van der Waals surface area (Å²) in [6.45, 7) is 7.59. The van der Waals surface area contributed by atoms with Crippen LogP contribution in [0.5, 0.6) is 0 Å². The first kappa shape index (κ1) is 16.2. The van der Waals surface area contributed by atoms with Gasteiger partial charge < -0.3 is 5.32 Å². The minimum Gasteiger partial charge on any atom is -0.343 e. The molecular formula is C17H20N2O2S. The van der Waals surface area contributed by atoms with Crippen molar-refractivity contribution in [2.45, 2.75) is 32.6 Å². The molecule has 22 heavy (non-hydrogen) atoms. The maximum Gasteiger partial charge on any atom is 0.283 e. The normalized spacial score (nSPS) is 12.3. The molecule has 0 fully saturated rings. The number of sulfonamides is 1. The molecule has 0 spiro atoms. The van der Waals surface area contributed by atoms with Crippen molar-refractivity contribution in [2.24, 2.45) is 4.40 Å². The SMILES string of the molecule is C/C(=N\S(=O)(=O)c1ccc(C)cc1)Nc1ccc(C)c(C)c1. The zero-order chi connectivity index (χ0) is 16.3. The lowest BCUT2D eigenvalue weighted by molar-refractivity contribution is 0.598. The number of nitrogens with zero attached hydrogens (tertiary/aromatic N) is 1. The largest absolute Gasteiger partial charge is 0.343 e. The van der Waals surface area contributed by atoms with Gasteiger partial charge in [0.15, 0.2) is 0 Å². The van der Waals surface area contributed by atoms with E-state index in [9.17, 15) is 8.42 Å². The van der Waals surface area contributed by atoms with E-state index in [4.69, 9.17) is 0 Å². The summed E-state index contributed by atoms with van der Waals surface area (Å²) in [7, 11) is -3.69. The van der Waals surface area contributed by atoms with Gasteiger partial charge in [0.2, 0.25) is 0 Å². The smallest absolute Gasteiger partial charge is 0.283 e. The van der Waals surface area contributed by atoms with E-state index in [1.807, 2.05) is 39.0 Å². The molecule has 0 aliphatic rings.